The maximum Gasteiger partial charge on any atom is 0.255 e. The van der Waals surface area contributed by atoms with Gasteiger partial charge >= 0.3 is 0 Å². The molecule has 58 heavy (non-hydrogen) atoms. The van der Waals surface area contributed by atoms with E-state index in [9.17, 15) is 64.5 Å². The standard InChI is InChI=1S/C33H40I6N6O13/c1-42(7-14(51)9-46)32(57)20-22(34)18(24(36)28(26(20)38)44(3)16(53)11-48)30(55)40-5-13(50)6-41-31(56)19-23(35)21(33(58)43(2)8-15(52)10-47)27(39)29(25(19)37)45(4)17(54)12-49/h13-15,46-52H,5-12H2,1-4H3,(H,40,55)(H,41,56). The lowest BCUT2D eigenvalue weighted by Crippen LogP contribution is -2.42. The Hall–Kier alpha value is -0.640. The third-order valence-electron chi connectivity index (χ3n) is 8.24. The normalized spacial score (nSPS) is 12.6. The van der Waals surface area contributed by atoms with Crippen LogP contribution in [0, 0.1) is 21.4 Å². The first-order valence-corrected chi connectivity index (χ1v) is 23.0. The molecule has 2 aromatic rings. The highest BCUT2D eigenvalue weighted by Crippen LogP contribution is 2.39. The summed E-state index contributed by atoms with van der Waals surface area (Å²) in [5.74, 6) is -4.30. The van der Waals surface area contributed by atoms with Crippen molar-refractivity contribution in [1.29, 1.82) is 0 Å². The number of hydrogen-bond acceptors (Lipinski definition) is 13. The third-order valence-corrected chi connectivity index (χ3v) is 14.6. The van der Waals surface area contributed by atoms with Crippen molar-refractivity contribution in [3.63, 3.8) is 0 Å². The Morgan fingerprint density at radius 1 is 0.500 bits per heavy atom. The summed E-state index contributed by atoms with van der Waals surface area (Å²) < 4.78 is 1.33. The van der Waals surface area contributed by atoms with Gasteiger partial charge in [-0.25, -0.2) is 0 Å². The van der Waals surface area contributed by atoms with Gasteiger partial charge in [-0.3, -0.25) is 28.8 Å². The summed E-state index contributed by atoms with van der Waals surface area (Å²) in [4.78, 5) is 84.6. The number of benzene rings is 2. The Balaban J connectivity index is 2.51. The van der Waals surface area contributed by atoms with Gasteiger partial charge in [0.25, 0.3) is 35.4 Å². The average molecular weight is 1490 g/mol. The molecule has 25 heteroatoms. The maximum atomic E-state index is 13.8. The molecule has 0 heterocycles. The van der Waals surface area contributed by atoms with Crippen LogP contribution in [0.2, 0.25) is 0 Å². The van der Waals surface area contributed by atoms with E-state index in [0.717, 1.165) is 19.6 Å². The number of aliphatic hydroxyl groups excluding tert-OH is 7. The molecule has 0 radical (unpaired) electrons. The van der Waals surface area contributed by atoms with Crippen LogP contribution < -0.4 is 20.4 Å². The molecule has 0 aliphatic heterocycles. The molecule has 2 unspecified atom stereocenters. The summed E-state index contributed by atoms with van der Waals surface area (Å²) in [7, 11) is 5.47. The Labute approximate surface area is 414 Å². The van der Waals surface area contributed by atoms with Crippen LogP contribution in [0.3, 0.4) is 0 Å². The van der Waals surface area contributed by atoms with E-state index >= 15 is 0 Å². The van der Waals surface area contributed by atoms with Gasteiger partial charge in [0.05, 0.1) is 79.4 Å². The van der Waals surface area contributed by atoms with E-state index in [1.165, 1.54) is 28.2 Å². The Kier molecular flexibility index (Phi) is 22.4. The molecule has 0 saturated heterocycles. The van der Waals surface area contributed by atoms with Crippen molar-refractivity contribution in [2.45, 2.75) is 18.3 Å². The molecule has 0 saturated carbocycles. The number of likely N-dealkylation sites (N-methyl/N-ethyl adjacent to an activating group) is 4. The first-order valence-electron chi connectivity index (χ1n) is 16.5. The van der Waals surface area contributed by atoms with Crippen molar-refractivity contribution < 1.29 is 64.5 Å². The number of carbonyl (C=O) groups is 6. The minimum atomic E-state index is -1.40. The number of nitrogens with zero attached hydrogens (tertiary/aromatic N) is 4. The van der Waals surface area contributed by atoms with Crippen LogP contribution in [-0.2, 0) is 9.59 Å². The van der Waals surface area contributed by atoms with Crippen molar-refractivity contribution >= 4 is 182 Å². The van der Waals surface area contributed by atoms with Gasteiger partial charge in [-0.1, -0.05) is 0 Å². The summed E-state index contributed by atoms with van der Waals surface area (Å²) in [5.41, 5.74) is 0.186. The number of amides is 6. The Bertz CT molecular complexity index is 1790. The van der Waals surface area contributed by atoms with Crippen molar-refractivity contribution in [1.82, 2.24) is 20.4 Å². The summed E-state index contributed by atoms with van der Waals surface area (Å²) in [6.45, 7) is -4.33. The number of aliphatic hydroxyl groups is 7. The molecule has 2 aromatic carbocycles. The van der Waals surface area contributed by atoms with E-state index in [4.69, 9.17) is 0 Å². The second kappa shape index (κ2) is 24.3. The lowest BCUT2D eigenvalue weighted by molar-refractivity contribution is -0.121. The average Bonchev–Trinajstić information content (AvgIpc) is 3.17. The number of nitrogens with one attached hydrogen (secondary N) is 2. The van der Waals surface area contributed by atoms with Crippen LogP contribution in [-0.4, -0.2) is 180 Å². The molecule has 6 amide bonds. The van der Waals surface area contributed by atoms with Crippen LogP contribution in [0.25, 0.3) is 0 Å². The van der Waals surface area contributed by atoms with E-state index in [1.807, 2.05) is 90.4 Å². The molecule has 0 aliphatic rings. The van der Waals surface area contributed by atoms with E-state index < -0.39 is 93.3 Å². The molecule has 322 valence electrons. The first kappa shape index (κ1) is 53.5. The minimum Gasteiger partial charge on any atom is -0.394 e. The SMILES string of the molecule is CN(CC(O)CO)C(=O)c1c(I)c(C(=O)NCC(O)CNC(=O)c2c(I)c(C(=O)N(C)CC(O)CO)c(I)c(N(C)C(=O)CO)c2I)c(I)c(N(C)C(=O)CO)c1I. The summed E-state index contributed by atoms with van der Waals surface area (Å²) in [6, 6.07) is 0. The molecular formula is C33H40I6N6O13. The van der Waals surface area contributed by atoms with Crippen molar-refractivity contribution in [2.24, 2.45) is 0 Å². The second-order valence-corrected chi connectivity index (χ2v) is 18.9. The third kappa shape index (κ3) is 12.7. The molecule has 2 rings (SSSR count). The van der Waals surface area contributed by atoms with Gasteiger partial charge in [0.1, 0.15) is 13.2 Å². The fourth-order valence-electron chi connectivity index (χ4n) is 5.09. The lowest BCUT2D eigenvalue weighted by Gasteiger charge is -2.27. The van der Waals surface area contributed by atoms with Crippen molar-refractivity contribution in [3.8, 4) is 0 Å². The lowest BCUT2D eigenvalue weighted by atomic mass is 10.1. The zero-order valence-electron chi connectivity index (χ0n) is 31.0. The van der Waals surface area contributed by atoms with Crippen LogP contribution >= 0.6 is 136 Å². The monoisotopic (exact) mass is 1490 g/mol. The van der Waals surface area contributed by atoms with Gasteiger partial charge in [-0.05, 0) is 136 Å². The van der Waals surface area contributed by atoms with E-state index in [2.05, 4.69) is 10.6 Å². The topological polar surface area (TPSA) is 281 Å². The van der Waals surface area contributed by atoms with Gasteiger partial charge in [-0.2, -0.15) is 0 Å². The highest BCUT2D eigenvalue weighted by atomic mass is 127. The largest absolute Gasteiger partial charge is 0.394 e. The zero-order valence-corrected chi connectivity index (χ0v) is 44.0. The van der Waals surface area contributed by atoms with Gasteiger partial charge in [-0.15, -0.1) is 0 Å². The van der Waals surface area contributed by atoms with Gasteiger partial charge in [0, 0.05) is 61.5 Å². The molecule has 0 bridgehead atoms. The number of halogens is 6. The second-order valence-electron chi connectivity index (χ2n) is 12.4. The predicted octanol–water partition coefficient (Wildman–Crippen LogP) is -0.404. The first-order chi connectivity index (χ1) is 27.0. The van der Waals surface area contributed by atoms with E-state index in [0.29, 0.717) is 0 Å². The van der Waals surface area contributed by atoms with Crippen molar-refractivity contribution in [2.75, 3.05) is 90.6 Å². The van der Waals surface area contributed by atoms with Gasteiger partial charge in [0.15, 0.2) is 0 Å². The predicted molar refractivity (Wildman–Crippen MR) is 261 cm³/mol. The summed E-state index contributed by atoms with van der Waals surface area (Å²) >= 11 is 11.0. The van der Waals surface area contributed by atoms with Gasteiger partial charge < -0.3 is 66.0 Å². The highest BCUT2D eigenvalue weighted by Gasteiger charge is 2.34. The highest BCUT2D eigenvalue weighted by molar-refractivity contribution is 14.1. The van der Waals surface area contributed by atoms with Crippen LogP contribution in [0.1, 0.15) is 41.4 Å². The fraction of sp³-hybridized carbons (Fsp3) is 0.455. The molecule has 19 nitrogen and oxygen atoms in total. The molecule has 0 fully saturated rings. The molecule has 0 aliphatic carbocycles. The van der Waals surface area contributed by atoms with Crippen LogP contribution in [0.15, 0.2) is 0 Å². The molecule has 0 spiro atoms. The molecule has 0 aromatic heterocycles. The number of rotatable bonds is 18. The number of hydrogen-bond donors (Lipinski definition) is 9. The maximum absolute atomic E-state index is 13.8. The van der Waals surface area contributed by atoms with Gasteiger partial charge in [0.2, 0.25) is 0 Å². The van der Waals surface area contributed by atoms with E-state index in [-0.39, 0.29) is 68.1 Å². The smallest absolute Gasteiger partial charge is 0.255 e. The minimum absolute atomic E-state index is 0.000794. The molecule has 2 atom stereocenters. The zero-order chi connectivity index (χ0) is 44.5. The molecular weight excluding hydrogens is 1450 g/mol. The summed E-state index contributed by atoms with van der Waals surface area (Å²) in [5, 5.41) is 73.7. The van der Waals surface area contributed by atoms with Crippen molar-refractivity contribution in [3.05, 3.63) is 43.7 Å². The molecule has 9 N–H and O–H groups in total. The Morgan fingerprint density at radius 3 is 1.07 bits per heavy atom. The summed E-state index contributed by atoms with van der Waals surface area (Å²) in [6.07, 6.45) is -3.91. The van der Waals surface area contributed by atoms with Crippen LogP contribution in [0.5, 0.6) is 0 Å². The fourth-order valence-corrected chi connectivity index (χ4v) is 14.8. The number of anilines is 2. The quantitative estimate of drug-likeness (QED) is 0.0861. The Morgan fingerprint density at radius 2 is 0.793 bits per heavy atom. The number of carbonyl (C=O) groups excluding carboxylic acids is 6. The van der Waals surface area contributed by atoms with E-state index in [1.54, 1.807) is 45.2 Å². The van der Waals surface area contributed by atoms with Crippen LogP contribution in [0.4, 0.5) is 11.4 Å².